The van der Waals surface area contributed by atoms with Gasteiger partial charge in [0.2, 0.25) is 17.7 Å². The number of nitrogens with one attached hydrogen (secondary N) is 1. The van der Waals surface area contributed by atoms with Gasteiger partial charge in [0, 0.05) is 5.38 Å². The monoisotopic (exact) mass is 471 g/mol. The van der Waals surface area contributed by atoms with Crippen LogP contribution in [0.15, 0.2) is 29.6 Å². The van der Waals surface area contributed by atoms with Crippen LogP contribution >= 0.6 is 11.3 Å². The predicted molar refractivity (Wildman–Crippen MR) is 119 cm³/mol. The maximum atomic E-state index is 12.5. The first-order valence-electron chi connectivity index (χ1n) is 10.8. The molecule has 1 aliphatic carbocycles. The lowest BCUT2D eigenvalue weighted by atomic mass is 9.81. The van der Waals surface area contributed by atoms with E-state index in [-0.39, 0.29) is 49.1 Å². The summed E-state index contributed by atoms with van der Waals surface area (Å²) in [5.41, 5.74) is 1.07. The van der Waals surface area contributed by atoms with Gasteiger partial charge in [-0.25, -0.2) is 4.98 Å². The summed E-state index contributed by atoms with van der Waals surface area (Å²) in [6.45, 7) is -0.463. The van der Waals surface area contributed by atoms with E-state index in [1.54, 1.807) is 23.6 Å². The standard InChI is InChI=1S/C23H25N3O6S/c1-31-18-9-5-4-8-17(18)25-19(27)10-20-24-14(13-33-20)12-32-21(28)11-26-22(29)15-6-2-3-7-16(15)23(26)30/h4-5,8-9,13,15-16H,2-3,6-7,10-12H2,1H3,(H,25,27). The first-order valence-corrected chi connectivity index (χ1v) is 11.7. The van der Waals surface area contributed by atoms with Crippen molar-refractivity contribution in [1.29, 1.82) is 0 Å². The Kier molecular flexibility index (Phi) is 7.02. The minimum Gasteiger partial charge on any atom is -0.495 e. The van der Waals surface area contributed by atoms with Gasteiger partial charge >= 0.3 is 5.97 Å². The fourth-order valence-corrected chi connectivity index (χ4v) is 5.07. The fraction of sp³-hybridized carbons (Fsp3) is 0.435. The molecule has 0 spiro atoms. The molecule has 3 amide bonds. The molecule has 33 heavy (non-hydrogen) atoms. The van der Waals surface area contributed by atoms with E-state index >= 15 is 0 Å². The lowest BCUT2D eigenvalue weighted by Crippen LogP contribution is -2.36. The first-order chi connectivity index (χ1) is 16.0. The van der Waals surface area contributed by atoms with Crippen molar-refractivity contribution in [1.82, 2.24) is 9.88 Å². The number of benzene rings is 1. The number of para-hydroxylation sites is 2. The molecule has 2 fully saturated rings. The number of carbonyl (C=O) groups is 4. The van der Waals surface area contributed by atoms with E-state index < -0.39 is 5.97 Å². The molecule has 0 radical (unpaired) electrons. The minimum absolute atomic E-state index is 0.0657. The molecule has 2 unspecified atom stereocenters. The van der Waals surface area contributed by atoms with Crippen molar-refractivity contribution in [2.24, 2.45) is 11.8 Å². The molecule has 1 N–H and O–H groups in total. The fourth-order valence-electron chi connectivity index (χ4n) is 4.29. The number of ether oxygens (including phenoxy) is 2. The second-order valence-corrected chi connectivity index (χ2v) is 9.02. The molecule has 2 aliphatic rings. The summed E-state index contributed by atoms with van der Waals surface area (Å²) in [7, 11) is 1.53. The second-order valence-electron chi connectivity index (χ2n) is 8.08. The van der Waals surface area contributed by atoms with E-state index in [2.05, 4.69) is 10.3 Å². The van der Waals surface area contributed by atoms with E-state index in [4.69, 9.17) is 9.47 Å². The van der Waals surface area contributed by atoms with Gasteiger partial charge in [0.05, 0.1) is 36.7 Å². The molecule has 10 heteroatoms. The number of nitrogens with zero attached hydrogens (tertiary/aromatic N) is 2. The smallest absolute Gasteiger partial charge is 0.326 e. The molecule has 2 atom stereocenters. The summed E-state index contributed by atoms with van der Waals surface area (Å²) >= 11 is 1.28. The van der Waals surface area contributed by atoms with Crippen LogP contribution in [0.4, 0.5) is 5.69 Å². The molecule has 174 valence electrons. The van der Waals surface area contributed by atoms with Crippen molar-refractivity contribution < 1.29 is 28.7 Å². The predicted octanol–water partition coefficient (Wildman–Crippen LogP) is 2.55. The number of anilines is 1. The Labute approximate surface area is 195 Å². The summed E-state index contributed by atoms with van der Waals surface area (Å²) in [4.78, 5) is 54.9. The van der Waals surface area contributed by atoms with E-state index in [9.17, 15) is 19.2 Å². The van der Waals surface area contributed by atoms with Crippen molar-refractivity contribution in [3.05, 3.63) is 40.3 Å². The zero-order valence-corrected chi connectivity index (χ0v) is 19.1. The van der Waals surface area contributed by atoms with Crippen molar-refractivity contribution in [2.75, 3.05) is 19.0 Å². The van der Waals surface area contributed by atoms with Gasteiger partial charge in [-0.1, -0.05) is 25.0 Å². The van der Waals surface area contributed by atoms with E-state index in [1.807, 2.05) is 6.07 Å². The third-order valence-electron chi connectivity index (χ3n) is 5.89. The number of likely N-dealkylation sites (tertiary alicyclic amines) is 1. The SMILES string of the molecule is COc1ccccc1NC(=O)Cc1nc(COC(=O)CN2C(=O)C3CCCCC3C2=O)cs1. The normalized spacial score (nSPS) is 19.8. The van der Waals surface area contributed by atoms with Crippen molar-refractivity contribution in [2.45, 2.75) is 38.7 Å². The van der Waals surface area contributed by atoms with Gasteiger partial charge in [0.15, 0.2) is 0 Å². The van der Waals surface area contributed by atoms with E-state index in [1.165, 1.54) is 18.4 Å². The second kappa shape index (κ2) is 10.1. The van der Waals surface area contributed by atoms with Crippen LogP contribution in [0.1, 0.15) is 36.4 Å². The Morgan fingerprint density at radius 3 is 2.55 bits per heavy atom. The van der Waals surface area contributed by atoms with Crippen molar-refractivity contribution >= 4 is 40.7 Å². The molecule has 2 aromatic rings. The maximum Gasteiger partial charge on any atom is 0.326 e. The number of aromatic nitrogens is 1. The van der Waals surface area contributed by atoms with Gasteiger partial charge in [-0.05, 0) is 25.0 Å². The van der Waals surface area contributed by atoms with Crippen LogP contribution in [-0.2, 0) is 36.9 Å². The van der Waals surface area contributed by atoms with Crippen LogP contribution in [-0.4, -0.2) is 47.2 Å². The molecular weight excluding hydrogens is 446 g/mol. The van der Waals surface area contributed by atoms with Gasteiger partial charge in [0.1, 0.15) is 23.9 Å². The van der Waals surface area contributed by atoms with Gasteiger partial charge < -0.3 is 14.8 Å². The maximum absolute atomic E-state index is 12.5. The lowest BCUT2D eigenvalue weighted by Gasteiger charge is -2.19. The molecule has 1 aliphatic heterocycles. The minimum atomic E-state index is -0.654. The number of rotatable bonds is 8. The largest absolute Gasteiger partial charge is 0.495 e. The van der Waals surface area contributed by atoms with Crippen LogP contribution in [0.5, 0.6) is 5.75 Å². The summed E-state index contributed by atoms with van der Waals surface area (Å²) in [6, 6.07) is 7.10. The average molecular weight is 472 g/mol. The molecular formula is C23H25N3O6S. The summed E-state index contributed by atoms with van der Waals surface area (Å²) in [6.07, 6.45) is 3.33. The third kappa shape index (κ3) is 5.22. The Balaban J connectivity index is 1.26. The zero-order chi connectivity index (χ0) is 23.4. The van der Waals surface area contributed by atoms with Crippen LogP contribution < -0.4 is 10.1 Å². The Morgan fingerprint density at radius 2 is 1.85 bits per heavy atom. The molecule has 0 bridgehead atoms. The Bertz CT molecular complexity index is 1040. The third-order valence-corrected chi connectivity index (χ3v) is 6.79. The molecule has 4 rings (SSSR count). The van der Waals surface area contributed by atoms with Gasteiger partial charge in [-0.15, -0.1) is 11.3 Å². The quantitative estimate of drug-likeness (QED) is 0.465. The van der Waals surface area contributed by atoms with E-state index in [0.717, 1.165) is 17.7 Å². The lowest BCUT2D eigenvalue weighted by molar-refractivity contribution is -0.153. The molecule has 1 saturated heterocycles. The number of thiazole rings is 1. The average Bonchev–Trinajstić information content (AvgIpc) is 3.36. The van der Waals surface area contributed by atoms with Crippen LogP contribution in [0.2, 0.25) is 0 Å². The number of carbonyl (C=O) groups excluding carboxylic acids is 4. The molecule has 1 aromatic carbocycles. The molecule has 1 saturated carbocycles. The van der Waals surface area contributed by atoms with Crippen LogP contribution in [0.3, 0.4) is 0 Å². The topological polar surface area (TPSA) is 115 Å². The highest BCUT2D eigenvalue weighted by molar-refractivity contribution is 7.09. The number of methoxy groups -OCH3 is 1. The first kappa shape index (κ1) is 22.9. The van der Waals surface area contributed by atoms with Crippen molar-refractivity contribution in [3.63, 3.8) is 0 Å². The van der Waals surface area contributed by atoms with Crippen molar-refractivity contribution in [3.8, 4) is 5.75 Å². The number of hydrogen-bond acceptors (Lipinski definition) is 8. The van der Waals surface area contributed by atoms with Gasteiger partial charge in [-0.2, -0.15) is 0 Å². The highest BCUT2D eigenvalue weighted by atomic mass is 32.1. The zero-order valence-electron chi connectivity index (χ0n) is 18.2. The summed E-state index contributed by atoms with van der Waals surface area (Å²) < 4.78 is 10.4. The van der Waals surface area contributed by atoms with Crippen LogP contribution in [0, 0.1) is 11.8 Å². The number of fused-ring (bicyclic) bond motifs is 1. The summed E-state index contributed by atoms with van der Waals surface area (Å²) in [5.74, 6) is -1.45. The highest BCUT2D eigenvalue weighted by Crippen LogP contribution is 2.37. The number of imide groups is 1. The number of amides is 3. The summed E-state index contributed by atoms with van der Waals surface area (Å²) in [5, 5.41) is 5.07. The van der Waals surface area contributed by atoms with Gasteiger partial charge in [-0.3, -0.25) is 24.1 Å². The molecule has 9 nitrogen and oxygen atoms in total. The molecule has 2 heterocycles. The Morgan fingerprint density at radius 1 is 1.15 bits per heavy atom. The number of esters is 1. The van der Waals surface area contributed by atoms with E-state index in [0.29, 0.717) is 35.0 Å². The van der Waals surface area contributed by atoms with Gasteiger partial charge in [0.25, 0.3) is 0 Å². The number of hydrogen-bond donors (Lipinski definition) is 1. The van der Waals surface area contributed by atoms with Crippen LogP contribution in [0.25, 0.3) is 0 Å². The molecule has 1 aromatic heterocycles. The Hall–Kier alpha value is -3.27. The highest BCUT2D eigenvalue weighted by Gasteiger charge is 2.48.